The largest absolute Gasteiger partial charge is 0.496 e. The molecule has 0 atom stereocenters. The van der Waals surface area contributed by atoms with Crippen molar-refractivity contribution in [2.75, 3.05) is 20.8 Å². The number of methoxy groups -OCH3 is 2. The van der Waals surface area contributed by atoms with E-state index in [1.54, 1.807) is 55.7 Å². The molecule has 0 unspecified atom stereocenters. The summed E-state index contributed by atoms with van der Waals surface area (Å²) in [5.41, 5.74) is 1.82. The predicted octanol–water partition coefficient (Wildman–Crippen LogP) is 4.75. The number of hydrogen-bond acceptors (Lipinski definition) is 6. The van der Waals surface area contributed by atoms with Crippen molar-refractivity contribution >= 4 is 17.6 Å². The van der Waals surface area contributed by atoms with E-state index in [0.29, 0.717) is 39.7 Å². The number of esters is 1. The second-order valence-electron chi connectivity index (χ2n) is 6.36. The van der Waals surface area contributed by atoms with Gasteiger partial charge in [-0.15, -0.1) is 0 Å². The highest BCUT2D eigenvalue weighted by Gasteiger charge is 2.11. The van der Waals surface area contributed by atoms with Crippen LogP contribution in [0.4, 0.5) is 0 Å². The number of ether oxygens (including phenoxy) is 4. The average molecular weight is 415 g/mol. The Morgan fingerprint density at radius 2 is 1.58 bits per heavy atom. The lowest BCUT2D eigenvalue weighted by atomic mass is 10.0. The molecule has 0 aromatic heterocycles. The van der Waals surface area contributed by atoms with Crippen LogP contribution in [0.25, 0.3) is 11.6 Å². The highest BCUT2D eigenvalue weighted by Crippen LogP contribution is 2.28. The van der Waals surface area contributed by atoms with Crippen LogP contribution in [0.5, 0.6) is 23.0 Å². The van der Waals surface area contributed by atoms with E-state index >= 15 is 0 Å². The molecule has 3 aromatic rings. The summed E-state index contributed by atoms with van der Waals surface area (Å²) in [6.07, 6.45) is 1.71. The Balaban J connectivity index is 1.71. The number of carbonyl (C=O) groups is 1. The highest BCUT2D eigenvalue weighted by molar-refractivity contribution is 5.91. The van der Waals surface area contributed by atoms with Crippen LogP contribution in [0, 0.1) is 11.3 Å². The third kappa shape index (κ3) is 5.64. The number of para-hydroxylation sites is 3. The highest BCUT2D eigenvalue weighted by atomic mass is 16.6. The Labute approximate surface area is 180 Å². The number of benzene rings is 3. The number of hydrogen-bond donors (Lipinski definition) is 0. The number of allylic oxidation sites excluding steroid dienone is 1. The van der Waals surface area contributed by atoms with Crippen LogP contribution in [0.3, 0.4) is 0 Å². The van der Waals surface area contributed by atoms with E-state index in [2.05, 4.69) is 6.07 Å². The van der Waals surface area contributed by atoms with E-state index in [1.165, 1.54) is 7.11 Å². The summed E-state index contributed by atoms with van der Waals surface area (Å²) < 4.78 is 21.4. The monoisotopic (exact) mass is 415 g/mol. The summed E-state index contributed by atoms with van der Waals surface area (Å²) in [7, 11) is 3.08. The minimum atomic E-state index is -0.558. The van der Waals surface area contributed by atoms with Gasteiger partial charge in [-0.25, -0.2) is 4.79 Å². The lowest BCUT2D eigenvalue weighted by Gasteiger charge is -2.10. The fraction of sp³-hybridized carbons (Fsp3) is 0.120. The molecular formula is C25H21NO5. The Kier molecular flexibility index (Phi) is 7.28. The van der Waals surface area contributed by atoms with Gasteiger partial charge in [-0.1, -0.05) is 36.4 Å². The second kappa shape index (κ2) is 10.5. The van der Waals surface area contributed by atoms with Crippen molar-refractivity contribution in [3.05, 3.63) is 83.9 Å². The molecule has 3 aromatic carbocycles. The number of carbonyl (C=O) groups excluding carboxylic acids is 1. The quantitative estimate of drug-likeness (QED) is 0.229. The Hall–Kier alpha value is -4.24. The smallest absolute Gasteiger partial charge is 0.349 e. The maximum absolute atomic E-state index is 12.2. The van der Waals surface area contributed by atoms with Crippen LogP contribution in [0.15, 0.2) is 72.8 Å². The van der Waals surface area contributed by atoms with E-state index in [0.717, 1.165) is 0 Å². The van der Waals surface area contributed by atoms with Crippen LogP contribution < -0.4 is 18.9 Å². The fourth-order valence-electron chi connectivity index (χ4n) is 2.91. The van der Waals surface area contributed by atoms with E-state index in [1.807, 2.05) is 30.3 Å². The first-order valence-electron chi connectivity index (χ1n) is 9.46. The van der Waals surface area contributed by atoms with Crippen molar-refractivity contribution in [3.63, 3.8) is 0 Å². The van der Waals surface area contributed by atoms with Gasteiger partial charge in [-0.2, -0.15) is 5.26 Å². The minimum Gasteiger partial charge on any atom is -0.496 e. The molecule has 0 aliphatic rings. The van der Waals surface area contributed by atoms with E-state index in [-0.39, 0.29) is 6.61 Å². The van der Waals surface area contributed by atoms with Crippen LogP contribution in [0.2, 0.25) is 0 Å². The van der Waals surface area contributed by atoms with Gasteiger partial charge in [0.25, 0.3) is 0 Å². The summed E-state index contributed by atoms with van der Waals surface area (Å²) >= 11 is 0. The topological polar surface area (TPSA) is 77.8 Å². The second-order valence-corrected chi connectivity index (χ2v) is 6.36. The molecule has 0 aliphatic heterocycles. The summed E-state index contributed by atoms with van der Waals surface area (Å²) in [6, 6.07) is 23.4. The first kappa shape index (κ1) is 21.5. The summed E-state index contributed by atoms with van der Waals surface area (Å²) in [5.74, 6) is 1.38. The molecule has 0 fully saturated rings. The molecule has 0 saturated carbocycles. The van der Waals surface area contributed by atoms with Gasteiger partial charge in [-0.3, -0.25) is 0 Å². The number of nitriles is 1. The van der Waals surface area contributed by atoms with E-state index in [4.69, 9.17) is 18.9 Å². The maximum Gasteiger partial charge on any atom is 0.349 e. The van der Waals surface area contributed by atoms with Crippen LogP contribution in [-0.4, -0.2) is 26.8 Å². The molecule has 0 spiro atoms. The lowest BCUT2D eigenvalue weighted by Crippen LogP contribution is -2.17. The molecule has 0 saturated heterocycles. The molecule has 0 amide bonds. The molecule has 0 aliphatic carbocycles. The van der Waals surface area contributed by atoms with Crippen LogP contribution >= 0.6 is 0 Å². The van der Waals surface area contributed by atoms with Crippen molar-refractivity contribution in [1.29, 1.82) is 5.26 Å². The van der Waals surface area contributed by atoms with Gasteiger partial charge in [0.1, 0.15) is 11.5 Å². The molecule has 0 radical (unpaired) electrons. The molecule has 3 rings (SSSR count). The summed E-state index contributed by atoms with van der Waals surface area (Å²) in [6.45, 7) is -0.273. The van der Waals surface area contributed by atoms with Gasteiger partial charge in [0, 0.05) is 5.56 Å². The van der Waals surface area contributed by atoms with Crippen molar-refractivity contribution in [2.45, 2.75) is 0 Å². The molecule has 6 heteroatoms. The normalized spacial score (nSPS) is 10.7. The maximum atomic E-state index is 12.2. The molecule has 0 N–H and O–H groups in total. The summed E-state index contributed by atoms with van der Waals surface area (Å²) in [4.78, 5) is 12.2. The SMILES string of the molecule is COc1ccccc1OCC(=O)Oc1cccc(/C=C(/C#N)c2ccccc2OC)c1. The van der Waals surface area contributed by atoms with Crippen LogP contribution in [0.1, 0.15) is 11.1 Å². The predicted molar refractivity (Wildman–Crippen MR) is 117 cm³/mol. The van der Waals surface area contributed by atoms with Gasteiger partial charge < -0.3 is 18.9 Å². The average Bonchev–Trinajstić information content (AvgIpc) is 2.81. The van der Waals surface area contributed by atoms with Gasteiger partial charge >= 0.3 is 5.97 Å². The third-order valence-corrected chi connectivity index (χ3v) is 4.33. The number of nitrogens with zero attached hydrogens (tertiary/aromatic N) is 1. The van der Waals surface area contributed by atoms with Crippen molar-refractivity contribution in [2.24, 2.45) is 0 Å². The molecule has 6 nitrogen and oxygen atoms in total. The Morgan fingerprint density at radius 3 is 2.29 bits per heavy atom. The zero-order chi connectivity index (χ0) is 22.1. The van der Waals surface area contributed by atoms with Gasteiger partial charge in [0.05, 0.1) is 25.9 Å². The first-order chi connectivity index (χ1) is 15.1. The summed E-state index contributed by atoms with van der Waals surface area (Å²) in [5, 5.41) is 9.61. The van der Waals surface area contributed by atoms with Gasteiger partial charge in [0.2, 0.25) is 0 Å². The van der Waals surface area contributed by atoms with E-state index < -0.39 is 5.97 Å². The zero-order valence-corrected chi connectivity index (χ0v) is 17.2. The molecule has 0 bridgehead atoms. The minimum absolute atomic E-state index is 0.273. The van der Waals surface area contributed by atoms with Crippen LogP contribution in [-0.2, 0) is 4.79 Å². The van der Waals surface area contributed by atoms with Gasteiger partial charge in [0.15, 0.2) is 18.1 Å². The van der Waals surface area contributed by atoms with Crippen molar-refractivity contribution < 1.29 is 23.7 Å². The zero-order valence-electron chi connectivity index (χ0n) is 17.2. The standard InChI is InChI=1S/C25H21NO5/c1-28-22-11-4-3-10-21(22)19(16-26)14-18-8-7-9-20(15-18)31-25(27)17-30-24-13-6-5-12-23(24)29-2/h3-15H,17H2,1-2H3/b19-14-. The Bertz CT molecular complexity index is 1130. The fourth-order valence-corrected chi connectivity index (χ4v) is 2.91. The molecule has 156 valence electrons. The molecule has 31 heavy (non-hydrogen) atoms. The van der Waals surface area contributed by atoms with Gasteiger partial charge in [-0.05, 0) is 48.0 Å². The third-order valence-electron chi connectivity index (χ3n) is 4.33. The van der Waals surface area contributed by atoms with Crippen molar-refractivity contribution in [1.82, 2.24) is 0 Å². The van der Waals surface area contributed by atoms with Crippen molar-refractivity contribution in [3.8, 4) is 29.1 Å². The Morgan fingerprint density at radius 1 is 0.903 bits per heavy atom. The molecule has 0 heterocycles. The van der Waals surface area contributed by atoms with E-state index in [9.17, 15) is 10.1 Å². The molecular weight excluding hydrogens is 394 g/mol. The number of rotatable bonds is 8. The first-order valence-corrected chi connectivity index (χ1v) is 9.46. The lowest BCUT2D eigenvalue weighted by molar-refractivity contribution is -0.136.